The number of hydrogen-bond donors (Lipinski definition) is 1. The molecule has 3 heteroatoms. The predicted octanol–water partition coefficient (Wildman–Crippen LogP) is 0.591. The Morgan fingerprint density at radius 2 is 2.09 bits per heavy atom. The number of rotatable bonds is 1. The summed E-state index contributed by atoms with van der Waals surface area (Å²) in [5.41, 5.74) is 5.30. The van der Waals surface area contributed by atoms with Gasteiger partial charge in [0, 0.05) is 11.3 Å². The number of halogens is 1. The van der Waals surface area contributed by atoms with Crippen LogP contribution in [0.25, 0.3) is 0 Å². The van der Waals surface area contributed by atoms with Crippen molar-refractivity contribution in [3.8, 4) is 0 Å². The molecule has 0 spiro atoms. The lowest BCUT2D eigenvalue weighted by Gasteiger charge is -2.11. The van der Waals surface area contributed by atoms with Crippen LogP contribution in [0.1, 0.15) is 6.42 Å². The first kappa shape index (κ1) is 6.30. The minimum absolute atomic E-state index is 0.117. The molecule has 0 aromatic rings. The zero-order valence-corrected chi connectivity index (χ0v) is 6.79. The molecule has 4 bridgehead atoms. The summed E-state index contributed by atoms with van der Waals surface area (Å²) in [6, 6.07) is 0. The van der Waals surface area contributed by atoms with Gasteiger partial charge in [0.15, 0.2) is 0 Å². The number of carbonyl (C=O) groups excluding carboxylic acids is 1. The topological polar surface area (TPSA) is 43.1 Å². The standard InChI is InChI=1S/C8H10ClNO/c9-7-3-1-2-4(5(2)7)6(3)8(10)11/h2-7H,1H2,(H2,10,11)/t2-,3-,4+,5-,6+,7+/m1/s1. The Bertz CT molecular complexity index is 242. The van der Waals surface area contributed by atoms with Crippen molar-refractivity contribution >= 4 is 17.5 Å². The van der Waals surface area contributed by atoms with Gasteiger partial charge in [-0.25, -0.2) is 0 Å². The Hall–Kier alpha value is -0.240. The van der Waals surface area contributed by atoms with Crippen molar-refractivity contribution in [2.75, 3.05) is 0 Å². The third kappa shape index (κ3) is 0.516. The highest BCUT2D eigenvalue weighted by Crippen LogP contribution is 2.74. The fourth-order valence-electron chi connectivity index (χ4n) is 3.46. The first-order chi connectivity index (χ1) is 5.22. The number of amides is 1. The van der Waals surface area contributed by atoms with Crippen LogP contribution in [0.2, 0.25) is 0 Å². The molecule has 2 N–H and O–H groups in total. The monoisotopic (exact) mass is 171 g/mol. The quantitative estimate of drug-likeness (QED) is 0.577. The molecule has 1 amide bonds. The fourth-order valence-corrected chi connectivity index (χ4v) is 4.07. The number of hydrogen-bond acceptors (Lipinski definition) is 1. The zero-order valence-electron chi connectivity index (χ0n) is 6.03. The molecule has 0 saturated heterocycles. The van der Waals surface area contributed by atoms with Gasteiger partial charge >= 0.3 is 0 Å². The Labute approximate surface area is 70.1 Å². The molecule has 0 aliphatic heterocycles. The Morgan fingerprint density at radius 1 is 1.36 bits per heavy atom. The minimum Gasteiger partial charge on any atom is -0.369 e. The van der Waals surface area contributed by atoms with Gasteiger partial charge in [-0.3, -0.25) is 4.79 Å². The minimum atomic E-state index is -0.117. The third-order valence-electron chi connectivity index (χ3n) is 3.82. The van der Waals surface area contributed by atoms with Crippen molar-refractivity contribution in [3.63, 3.8) is 0 Å². The number of carbonyl (C=O) groups is 1. The van der Waals surface area contributed by atoms with Gasteiger partial charge in [0.25, 0.3) is 0 Å². The van der Waals surface area contributed by atoms with Gasteiger partial charge in [-0.05, 0) is 30.1 Å². The van der Waals surface area contributed by atoms with Crippen LogP contribution in [0.4, 0.5) is 0 Å². The number of primary amides is 1. The van der Waals surface area contributed by atoms with Gasteiger partial charge in [-0.2, -0.15) is 0 Å². The molecule has 0 radical (unpaired) electrons. The van der Waals surface area contributed by atoms with Crippen LogP contribution in [0.3, 0.4) is 0 Å². The largest absolute Gasteiger partial charge is 0.369 e. The fraction of sp³-hybridized carbons (Fsp3) is 0.875. The van der Waals surface area contributed by atoms with E-state index < -0.39 is 0 Å². The molecule has 4 aliphatic rings. The van der Waals surface area contributed by atoms with Gasteiger partial charge in [-0.15, -0.1) is 11.6 Å². The molecule has 4 aliphatic carbocycles. The summed E-state index contributed by atoms with van der Waals surface area (Å²) in [6.45, 7) is 0. The lowest BCUT2D eigenvalue weighted by atomic mass is 9.98. The maximum atomic E-state index is 11.0. The van der Waals surface area contributed by atoms with E-state index in [1.54, 1.807) is 0 Å². The molecule has 11 heavy (non-hydrogen) atoms. The van der Waals surface area contributed by atoms with Crippen LogP contribution in [0, 0.1) is 29.6 Å². The molecular weight excluding hydrogens is 162 g/mol. The normalized spacial score (nSPS) is 63.4. The van der Waals surface area contributed by atoms with E-state index in [9.17, 15) is 4.79 Å². The summed E-state index contributed by atoms with van der Waals surface area (Å²) >= 11 is 6.13. The predicted molar refractivity (Wildman–Crippen MR) is 40.9 cm³/mol. The van der Waals surface area contributed by atoms with Crippen LogP contribution in [-0.4, -0.2) is 11.3 Å². The first-order valence-corrected chi connectivity index (χ1v) is 4.59. The Morgan fingerprint density at radius 3 is 2.27 bits per heavy atom. The van der Waals surface area contributed by atoms with Crippen LogP contribution in [0.15, 0.2) is 0 Å². The van der Waals surface area contributed by atoms with E-state index >= 15 is 0 Å². The summed E-state index contributed by atoms with van der Waals surface area (Å²) < 4.78 is 0. The van der Waals surface area contributed by atoms with E-state index in [1.165, 1.54) is 0 Å². The average molecular weight is 172 g/mol. The van der Waals surface area contributed by atoms with Crippen molar-refractivity contribution in [2.24, 2.45) is 35.3 Å². The van der Waals surface area contributed by atoms with E-state index in [1.807, 2.05) is 0 Å². The van der Waals surface area contributed by atoms with Gasteiger partial charge in [0.05, 0.1) is 0 Å². The van der Waals surface area contributed by atoms with Gasteiger partial charge in [-0.1, -0.05) is 0 Å². The molecule has 4 saturated carbocycles. The highest BCUT2D eigenvalue weighted by Gasteiger charge is 2.74. The van der Waals surface area contributed by atoms with Gasteiger partial charge in [0.1, 0.15) is 0 Å². The lowest BCUT2D eigenvalue weighted by molar-refractivity contribution is -0.122. The van der Waals surface area contributed by atoms with Crippen LogP contribution in [0.5, 0.6) is 0 Å². The Balaban J connectivity index is 1.97. The third-order valence-corrected chi connectivity index (χ3v) is 4.43. The van der Waals surface area contributed by atoms with Crippen molar-refractivity contribution in [1.29, 1.82) is 0 Å². The van der Waals surface area contributed by atoms with Gasteiger partial charge in [0.2, 0.25) is 5.91 Å². The number of alkyl halides is 1. The molecule has 4 rings (SSSR count). The van der Waals surface area contributed by atoms with E-state index in [-0.39, 0.29) is 17.2 Å². The van der Waals surface area contributed by atoms with Crippen molar-refractivity contribution in [2.45, 2.75) is 11.8 Å². The average Bonchev–Trinajstić information content (AvgIpc) is 2.33. The summed E-state index contributed by atoms with van der Waals surface area (Å²) in [5, 5.41) is 0.266. The van der Waals surface area contributed by atoms with E-state index in [2.05, 4.69) is 0 Å². The lowest BCUT2D eigenvalue weighted by Crippen LogP contribution is -2.27. The summed E-state index contributed by atoms with van der Waals surface area (Å²) in [5.74, 6) is 2.44. The van der Waals surface area contributed by atoms with Crippen LogP contribution >= 0.6 is 11.6 Å². The van der Waals surface area contributed by atoms with E-state index in [4.69, 9.17) is 17.3 Å². The maximum Gasteiger partial charge on any atom is 0.221 e. The molecule has 6 atom stereocenters. The zero-order chi connectivity index (χ0) is 7.75. The summed E-state index contributed by atoms with van der Waals surface area (Å²) in [7, 11) is 0. The van der Waals surface area contributed by atoms with Crippen LogP contribution in [-0.2, 0) is 4.79 Å². The molecule has 4 fully saturated rings. The molecule has 2 nitrogen and oxygen atoms in total. The van der Waals surface area contributed by atoms with Gasteiger partial charge < -0.3 is 5.73 Å². The maximum absolute atomic E-state index is 11.0. The molecule has 0 unspecified atom stereocenters. The highest BCUT2D eigenvalue weighted by atomic mass is 35.5. The summed E-state index contributed by atoms with van der Waals surface area (Å²) in [6.07, 6.45) is 1.16. The van der Waals surface area contributed by atoms with Crippen molar-refractivity contribution in [3.05, 3.63) is 0 Å². The van der Waals surface area contributed by atoms with Crippen molar-refractivity contribution in [1.82, 2.24) is 0 Å². The molecule has 0 aromatic heterocycles. The smallest absolute Gasteiger partial charge is 0.221 e. The second-order valence-corrected chi connectivity index (χ2v) is 4.59. The Kier molecular flexibility index (Phi) is 0.905. The number of nitrogens with two attached hydrogens (primary N) is 1. The molecule has 0 aromatic carbocycles. The van der Waals surface area contributed by atoms with Crippen molar-refractivity contribution < 1.29 is 4.79 Å². The van der Waals surface area contributed by atoms with E-state index in [0.717, 1.165) is 12.3 Å². The highest BCUT2D eigenvalue weighted by molar-refractivity contribution is 6.22. The SMILES string of the molecule is NC(=O)[C@H]1[C@H]2C[C@H]3[C@@H]([C@H]2Cl)[C@H]31. The van der Waals surface area contributed by atoms with E-state index in [0.29, 0.717) is 17.8 Å². The molecular formula is C8H10ClNO. The van der Waals surface area contributed by atoms with Crippen LogP contribution < -0.4 is 5.73 Å². The summed E-state index contributed by atoms with van der Waals surface area (Å²) in [4.78, 5) is 11.0. The second-order valence-electron chi connectivity index (χ2n) is 4.09. The second kappa shape index (κ2) is 1.58. The molecule has 0 heterocycles. The first-order valence-electron chi connectivity index (χ1n) is 4.15. The molecule has 60 valence electrons.